The highest BCUT2D eigenvalue weighted by atomic mass is 127. The minimum Gasteiger partial charge on any atom is -0.492 e. The lowest BCUT2D eigenvalue weighted by atomic mass is 10.3. The summed E-state index contributed by atoms with van der Waals surface area (Å²) in [6.45, 7) is 1.41. The summed E-state index contributed by atoms with van der Waals surface area (Å²) in [5.74, 6) is 1.73. The van der Waals surface area contributed by atoms with Crippen molar-refractivity contribution in [3.05, 3.63) is 28.7 Å². The molecule has 1 N–H and O–H groups in total. The molecule has 1 rings (SSSR count). The predicted molar refractivity (Wildman–Crippen MR) is 90.1 cm³/mol. The van der Waals surface area contributed by atoms with Gasteiger partial charge in [-0.1, -0.05) is 15.9 Å². The number of hydrogen-bond acceptors (Lipinski definition) is 2. The topological polar surface area (TPSA) is 36.9 Å². The van der Waals surface area contributed by atoms with Crippen molar-refractivity contribution in [1.82, 2.24) is 10.2 Å². The Kier molecular flexibility index (Phi) is 9.17. The SMILES string of the molecule is CN=C(NC)N(C)CCOc1ccc(Br)cc1.I. The summed E-state index contributed by atoms with van der Waals surface area (Å²) in [6, 6.07) is 7.81. The molecule has 102 valence electrons. The van der Waals surface area contributed by atoms with Crippen LogP contribution in [0.3, 0.4) is 0 Å². The summed E-state index contributed by atoms with van der Waals surface area (Å²) < 4.78 is 6.68. The molecule has 0 bridgehead atoms. The van der Waals surface area contributed by atoms with Gasteiger partial charge in [0.05, 0.1) is 6.54 Å². The Morgan fingerprint density at radius 3 is 2.50 bits per heavy atom. The maximum atomic E-state index is 5.63. The molecule has 0 radical (unpaired) electrons. The first kappa shape index (κ1) is 17.5. The molecular formula is C12H19BrIN3O. The van der Waals surface area contributed by atoms with E-state index >= 15 is 0 Å². The third kappa shape index (κ3) is 5.90. The van der Waals surface area contributed by atoms with Crippen molar-refractivity contribution in [2.24, 2.45) is 4.99 Å². The summed E-state index contributed by atoms with van der Waals surface area (Å²) in [5, 5.41) is 3.02. The zero-order valence-electron chi connectivity index (χ0n) is 10.8. The minimum atomic E-state index is 0. The monoisotopic (exact) mass is 427 g/mol. The maximum absolute atomic E-state index is 5.63. The third-order valence-corrected chi connectivity index (χ3v) is 2.83. The average molecular weight is 428 g/mol. The number of likely N-dealkylation sites (N-methyl/N-ethyl adjacent to an activating group) is 1. The van der Waals surface area contributed by atoms with Gasteiger partial charge in [0.15, 0.2) is 5.96 Å². The van der Waals surface area contributed by atoms with Gasteiger partial charge in [-0.25, -0.2) is 0 Å². The van der Waals surface area contributed by atoms with Crippen LogP contribution in [-0.2, 0) is 0 Å². The molecule has 0 aromatic heterocycles. The van der Waals surface area contributed by atoms with Crippen molar-refractivity contribution >= 4 is 45.9 Å². The maximum Gasteiger partial charge on any atom is 0.193 e. The quantitative estimate of drug-likeness (QED) is 0.455. The van der Waals surface area contributed by atoms with E-state index in [1.807, 2.05) is 43.3 Å². The second-order valence-electron chi connectivity index (χ2n) is 3.52. The van der Waals surface area contributed by atoms with E-state index in [-0.39, 0.29) is 24.0 Å². The molecule has 0 spiro atoms. The molecule has 0 fully saturated rings. The van der Waals surface area contributed by atoms with Crippen LogP contribution in [0.5, 0.6) is 5.75 Å². The number of ether oxygens (including phenoxy) is 1. The van der Waals surface area contributed by atoms with E-state index < -0.39 is 0 Å². The number of nitrogens with zero attached hydrogens (tertiary/aromatic N) is 2. The smallest absolute Gasteiger partial charge is 0.193 e. The first-order valence-corrected chi connectivity index (χ1v) is 6.20. The van der Waals surface area contributed by atoms with Crippen LogP contribution in [0, 0.1) is 0 Å². The van der Waals surface area contributed by atoms with Crippen LogP contribution in [0.25, 0.3) is 0 Å². The zero-order valence-corrected chi connectivity index (χ0v) is 14.7. The molecule has 0 aliphatic carbocycles. The van der Waals surface area contributed by atoms with E-state index in [2.05, 4.69) is 26.2 Å². The standard InChI is InChI=1S/C12H18BrN3O.HI/c1-14-12(15-2)16(3)8-9-17-11-6-4-10(13)5-7-11;/h4-7H,8-9H2,1-3H3,(H,14,15);1H. The van der Waals surface area contributed by atoms with Crippen molar-refractivity contribution in [1.29, 1.82) is 0 Å². The second kappa shape index (κ2) is 9.43. The molecule has 0 saturated carbocycles. The summed E-state index contributed by atoms with van der Waals surface area (Å²) in [5.41, 5.74) is 0. The third-order valence-electron chi connectivity index (χ3n) is 2.31. The van der Waals surface area contributed by atoms with Crippen molar-refractivity contribution in [2.45, 2.75) is 0 Å². The number of benzene rings is 1. The molecule has 6 heteroatoms. The van der Waals surface area contributed by atoms with Crippen LogP contribution in [0.15, 0.2) is 33.7 Å². The Hall–Kier alpha value is -0.500. The molecule has 0 atom stereocenters. The van der Waals surface area contributed by atoms with Gasteiger partial charge in [0.1, 0.15) is 12.4 Å². The van der Waals surface area contributed by atoms with Crippen molar-refractivity contribution in [3.63, 3.8) is 0 Å². The normalized spacial score (nSPS) is 10.6. The molecule has 18 heavy (non-hydrogen) atoms. The molecular weight excluding hydrogens is 409 g/mol. The fourth-order valence-electron chi connectivity index (χ4n) is 1.41. The van der Waals surface area contributed by atoms with Gasteiger partial charge < -0.3 is 15.0 Å². The molecule has 0 aliphatic rings. The number of hydrogen-bond donors (Lipinski definition) is 1. The van der Waals surface area contributed by atoms with E-state index in [0.29, 0.717) is 6.61 Å². The number of aliphatic imine (C=N–C) groups is 1. The highest BCUT2D eigenvalue weighted by Crippen LogP contribution is 2.15. The van der Waals surface area contributed by atoms with Crippen molar-refractivity contribution in [3.8, 4) is 5.75 Å². The van der Waals surface area contributed by atoms with Crippen LogP contribution in [0.1, 0.15) is 0 Å². The number of nitrogens with one attached hydrogen (secondary N) is 1. The largest absolute Gasteiger partial charge is 0.492 e. The molecule has 0 heterocycles. The van der Waals surface area contributed by atoms with Gasteiger partial charge in [-0.05, 0) is 24.3 Å². The highest BCUT2D eigenvalue weighted by molar-refractivity contribution is 14.0. The first-order chi connectivity index (χ1) is 8.17. The Morgan fingerprint density at radius 1 is 1.39 bits per heavy atom. The van der Waals surface area contributed by atoms with Gasteiger partial charge in [0, 0.05) is 25.6 Å². The molecule has 4 nitrogen and oxygen atoms in total. The Bertz CT molecular complexity index is 370. The van der Waals surface area contributed by atoms with Gasteiger partial charge in [-0.3, -0.25) is 4.99 Å². The van der Waals surface area contributed by atoms with E-state index in [4.69, 9.17) is 4.74 Å². The molecule has 0 saturated heterocycles. The van der Waals surface area contributed by atoms with Crippen molar-refractivity contribution < 1.29 is 4.74 Å². The molecule has 0 unspecified atom stereocenters. The average Bonchev–Trinajstić information content (AvgIpc) is 2.33. The van der Waals surface area contributed by atoms with Crippen LogP contribution in [-0.4, -0.2) is 45.2 Å². The van der Waals surface area contributed by atoms with Gasteiger partial charge in [-0.15, -0.1) is 24.0 Å². The van der Waals surface area contributed by atoms with E-state index in [0.717, 1.165) is 22.7 Å². The lowest BCUT2D eigenvalue weighted by Crippen LogP contribution is -2.38. The summed E-state index contributed by atoms with van der Waals surface area (Å²) >= 11 is 3.39. The molecule has 0 amide bonds. The van der Waals surface area contributed by atoms with Gasteiger partial charge in [0.25, 0.3) is 0 Å². The number of rotatable bonds is 4. The van der Waals surface area contributed by atoms with Gasteiger partial charge in [0.2, 0.25) is 0 Å². The lowest BCUT2D eigenvalue weighted by molar-refractivity contribution is 0.282. The second-order valence-corrected chi connectivity index (χ2v) is 4.44. The van der Waals surface area contributed by atoms with E-state index in [1.54, 1.807) is 7.05 Å². The molecule has 1 aromatic carbocycles. The molecule has 1 aromatic rings. The first-order valence-electron chi connectivity index (χ1n) is 5.41. The van der Waals surface area contributed by atoms with Gasteiger partial charge >= 0.3 is 0 Å². The summed E-state index contributed by atoms with van der Waals surface area (Å²) in [4.78, 5) is 6.13. The molecule has 0 aliphatic heterocycles. The van der Waals surface area contributed by atoms with E-state index in [9.17, 15) is 0 Å². The van der Waals surface area contributed by atoms with Crippen LogP contribution >= 0.6 is 39.9 Å². The Balaban J connectivity index is 0.00000289. The highest BCUT2D eigenvalue weighted by Gasteiger charge is 2.02. The van der Waals surface area contributed by atoms with Crippen LogP contribution < -0.4 is 10.1 Å². The number of guanidine groups is 1. The summed E-state index contributed by atoms with van der Waals surface area (Å²) in [6.07, 6.45) is 0. The summed E-state index contributed by atoms with van der Waals surface area (Å²) in [7, 11) is 5.59. The lowest BCUT2D eigenvalue weighted by Gasteiger charge is -2.20. The Morgan fingerprint density at radius 2 is 2.00 bits per heavy atom. The Labute approximate surface area is 134 Å². The minimum absolute atomic E-state index is 0. The van der Waals surface area contributed by atoms with Crippen LogP contribution in [0.2, 0.25) is 0 Å². The number of halogens is 2. The fourth-order valence-corrected chi connectivity index (χ4v) is 1.67. The van der Waals surface area contributed by atoms with Crippen molar-refractivity contribution in [2.75, 3.05) is 34.3 Å². The zero-order chi connectivity index (χ0) is 12.7. The van der Waals surface area contributed by atoms with Crippen LogP contribution in [0.4, 0.5) is 0 Å². The fraction of sp³-hybridized carbons (Fsp3) is 0.417. The predicted octanol–water partition coefficient (Wildman–Crippen LogP) is 2.58. The van der Waals surface area contributed by atoms with E-state index in [1.165, 1.54) is 0 Å². The van der Waals surface area contributed by atoms with Gasteiger partial charge in [-0.2, -0.15) is 0 Å².